The van der Waals surface area contributed by atoms with Crippen LogP contribution in [0.25, 0.3) is 22.3 Å². The highest BCUT2D eigenvalue weighted by molar-refractivity contribution is 7.00. The second kappa shape index (κ2) is 13.4. The first-order chi connectivity index (χ1) is 29.9. The van der Waals surface area contributed by atoms with Gasteiger partial charge in [-0.15, -0.1) is 0 Å². The topological polar surface area (TPSA) is 6.48 Å². The standard InChI is InChI=1S/C58H53BN2/c1-58(2,3)44-30-55-57-56(31-44)61(46-28-24-39(25-29-46)37-12-8-5-9-13-37)54-35-50-43-20-16-41(17-21-43)48(50)33-52(54)59(57)51-32-47-40-14-18-42(19-15-40)49(47)34-53(51)60(55)45-26-22-38(23-27-45)36-10-6-4-7-11-36/h4-13,22-35,40-43H,14-21H2,1-3H3. The summed E-state index contributed by atoms with van der Waals surface area (Å²) in [4.78, 5) is 5.36. The largest absolute Gasteiger partial charge is 0.311 e. The number of anilines is 6. The molecular formula is C58H53BN2. The maximum atomic E-state index is 2.74. The fourth-order valence-electron chi connectivity index (χ4n) is 12.9. The molecule has 0 N–H and O–H groups in total. The van der Waals surface area contributed by atoms with Crippen LogP contribution >= 0.6 is 0 Å². The van der Waals surface area contributed by atoms with Crippen LogP contribution in [0.2, 0.25) is 0 Å². The van der Waals surface area contributed by atoms with Crippen molar-refractivity contribution < 1.29 is 0 Å². The van der Waals surface area contributed by atoms with Crippen molar-refractivity contribution in [2.75, 3.05) is 9.80 Å². The minimum atomic E-state index is -0.0583. The molecular weight excluding hydrogens is 735 g/mol. The van der Waals surface area contributed by atoms with Gasteiger partial charge in [0.25, 0.3) is 6.71 Å². The Morgan fingerprint density at radius 3 is 1.10 bits per heavy atom. The molecule has 8 aliphatic rings. The molecule has 0 amide bonds. The lowest BCUT2D eigenvalue weighted by atomic mass is 9.32. The zero-order valence-corrected chi connectivity index (χ0v) is 35.8. The van der Waals surface area contributed by atoms with Crippen LogP contribution in [0.5, 0.6) is 0 Å². The third-order valence-electron chi connectivity index (χ3n) is 16.0. The lowest BCUT2D eigenvalue weighted by Crippen LogP contribution is -2.62. The Labute approximate surface area is 362 Å². The molecule has 2 nitrogen and oxygen atoms in total. The molecule has 7 aromatic carbocycles. The lowest BCUT2D eigenvalue weighted by molar-refractivity contribution is 0.359. The van der Waals surface area contributed by atoms with E-state index in [2.05, 4.69) is 176 Å². The van der Waals surface area contributed by atoms with Crippen LogP contribution in [0.4, 0.5) is 34.1 Å². The van der Waals surface area contributed by atoms with Gasteiger partial charge in [-0.1, -0.05) is 118 Å². The molecule has 0 atom stereocenters. The van der Waals surface area contributed by atoms with Crippen LogP contribution in [0.3, 0.4) is 0 Å². The summed E-state index contributed by atoms with van der Waals surface area (Å²) >= 11 is 0. The Hall–Kier alpha value is -5.80. The van der Waals surface area contributed by atoms with Gasteiger partial charge in [-0.2, -0.15) is 0 Å². The molecule has 0 radical (unpaired) electrons. The normalized spacial score (nSPS) is 21.4. The highest BCUT2D eigenvalue weighted by Gasteiger charge is 2.47. The Morgan fingerprint density at radius 2 is 0.738 bits per heavy atom. The van der Waals surface area contributed by atoms with E-state index < -0.39 is 0 Å². The zero-order chi connectivity index (χ0) is 40.6. The van der Waals surface area contributed by atoms with Gasteiger partial charge in [0.1, 0.15) is 0 Å². The molecule has 0 saturated heterocycles. The number of benzene rings is 7. The van der Waals surface area contributed by atoms with E-state index in [4.69, 9.17) is 0 Å². The molecule has 298 valence electrons. The first kappa shape index (κ1) is 35.9. The van der Waals surface area contributed by atoms with Gasteiger partial charge in [0, 0.05) is 34.1 Å². The second-order valence-electron chi connectivity index (χ2n) is 20.3. The van der Waals surface area contributed by atoms with Crippen molar-refractivity contribution in [3.05, 3.63) is 173 Å². The summed E-state index contributed by atoms with van der Waals surface area (Å²) in [5.41, 5.74) is 25.3. The molecule has 6 aliphatic carbocycles. The van der Waals surface area contributed by atoms with Crippen LogP contribution in [0.1, 0.15) is 124 Å². The Kier molecular flexibility index (Phi) is 7.86. The van der Waals surface area contributed by atoms with Crippen LogP contribution in [-0.4, -0.2) is 6.71 Å². The second-order valence-corrected chi connectivity index (χ2v) is 20.3. The van der Waals surface area contributed by atoms with E-state index in [9.17, 15) is 0 Å². The summed E-state index contributed by atoms with van der Waals surface area (Å²) < 4.78 is 0. The summed E-state index contributed by atoms with van der Waals surface area (Å²) in [5, 5.41) is 0. The number of hydrogen-bond donors (Lipinski definition) is 0. The van der Waals surface area contributed by atoms with Gasteiger partial charge < -0.3 is 9.80 Å². The predicted octanol–water partition coefficient (Wildman–Crippen LogP) is 13.9. The van der Waals surface area contributed by atoms with Crippen molar-refractivity contribution in [2.24, 2.45) is 0 Å². The molecule has 0 spiro atoms. The SMILES string of the molecule is CC(C)(C)c1cc2c3c(c1)N(c1ccc(-c4ccccc4)cc1)c1cc4c(cc1B3c1cc3c(cc1N2c1ccc(-c2ccccc2)cc1)C1CCC3CC1)C1CCC4CC1. The van der Waals surface area contributed by atoms with Crippen molar-refractivity contribution in [3.8, 4) is 22.3 Å². The van der Waals surface area contributed by atoms with Crippen molar-refractivity contribution in [1.82, 2.24) is 0 Å². The predicted molar refractivity (Wildman–Crippen MR) is 258 cm³/mol. The molecule has 2 fully saturated rings. The van der Waals surface area contributed by atoms with Crippen LogP contribution in [0, 0.1) is 0 Å². The van der Waals surface area contributed by atoms with Gasteiger partial charge >= 0.3 is 0 Å². The van der Waals surface area contributed by atoms with Gasteiger partial charge in [-0.3, -0.25) is 0 Å². The number of fused-ring (bicyclic) bond motifs is 8. The fraction of sp³-hybridized carbons (Fsp3) is 0.276. The van der Waals surface area contributed by atoms with Gasteiger partial charge in [0.05, 0.1) is 0 Å². The van der Waals surface area contributed by atoms with E-state index in [1.807, 2.05) is 0 Å². The maximum Gasteiger partial charge on any atom is 0.252 e. The minimum absolute atomic E-state index is 0.0583. The average Bonchev–Trinajstić information content (AvgIpc) is 3.31. The zero-order valence-electron chi connectivity index (χ0n) is 35.8. The quantitative estimate of drug-likeness (QED) is 0.164. The van der Waals surface area contributed by atoms with Gasteiger partial charge in [-0.25, -0.2) is 0 Å². The van der Waals surface area contributed by atoms with Crippen molar-refractivity contribution in [1.29, 1.82) is 0 Å². The third-order valence-corrected chi connectivity index (χ3v) is 16.0. The van der Waals surface area contributed by atoms with E-state index in [0.29, 0.717) is 23.7 Å². The monoisotopic (exact) mass is 788 g/mol. The van der Waals surface area contributed by atoms with Crippen LogP contribution < -0.4 is 26.2 Å². The lowest BCUT2D eigenvalue weighted by Gasteiger charge is -2.48. The van der Waals surface area contributed by atoms with E-state index in [-0.39, 0.29) is 12.1 Å². The molecule has 2 aliphatic heterocycles. The molecule has 7 aromatic rings. The first-order valence-corrected chi connectivity index (χ1v) is 23.3. The highest BCUT2D eigenvalue weighted by Crippen LogP contribution is 2.55. The maximum absolute atomic E-state index is 2.74. The van der Waals surface area contributed by atoms with E-state index in [0.717, 1.165) is 0 Å². The summed E-state index contributed by atoms with van der Waals surface area (Å²) in [6.07, 6.45) is 10.7. The summed E-state index contributed by atoms with van der Waals surface area (Å²) in [7, 11) is 0. The van der Waals surface area contributed by atoms with E-state index in [1.54, 1.807) is 22.3 Å². The smallest absolute Gasteiger partial charge is 0.252 e. The van der Waals surface area contributed by atoms with E-state index >= 15 is 0 Å². The van der Waals surface area contributed by atoms with Gasteiger partial charge in [-0.05, 0) is 195 Å². The van der Waals surface area contributed by atoms with Crippen LogP contribution in [-0.2, 0) is 5.41 Å². The molecule has 0 aromatic heterocycles. The number of nitrogens with zero attached hydrogens (tertiary/aromatic N) is 2. The van der Waals surface area contributed by atoms with E-state index in [1.165, 1.54) is 130 Å². The molecule has 4 bridgehead atoms. The molecule has 2 heterocycles. The summed E-state index contributed by atoms with van der Waals surface area (Å²) in [6.45, 7) is 7.33. The molecule has 2 saturated carbocycles. The summed E-state index contributed by atoms with van der Waals surface area (Å²) in [5.74, 6) is 2.69. The molecule has 15 rings (SSSR count). The molecule has 3 heteroatoms. The number of hydrogen-bond acceptors (Lipinski definition) is 2. The van der Waals surface area contributed by atoms with Crippen LogP contribution in [0.15, 0.2) is 146 Å². The third kappa shape index (κ3) is 5.48. The highest BCUT2D eigenvalue weighted by atomic mass is 15.2. The molecule has 0 unspecified atom stereocenters. The van der Waals surface area contributed by atoms with Crippen molar-refractivity contribution in [2.45, 2.75) is 101 Å². The fourth-order valence-corrected chi connectivity index (χ4v) is 12.9. The average molecular weight is 789 g/mol. The Morgan fingerprint density at radius 1 is 0.393 bits per heavy atom. The number of rotatable bonds is 4. The minimum Gasteiger partial charge on any atom is -0.311 e. The van der Waals surface area contributed by atoms with Crippen molar-refractivity contribution in [3.63, 3.8) is 0 Å². The summed E-state index contributed by atoms with van der Waals surface area (Å²) in [6, 6.07) is 56.6. The Bertz CT molecular complexity index is 2670. The van der Waals surface area contributed by atoms with Gasteiger partial charge in [0.15, 0.2) is 0 Å². The molecule has 61 heavy (non-hydrogen) atoms. The van der Waals surface area contributed by atoms with Crippen molar-refractivity contribution >= 4 is 57.2 Å². The first-order valence-electron chi connectivity index (χ1n) is 23.3. The Balaban J connectivity index is 1.10. The van der Waals surface area contributed by atoms with Gasteiger partial charge in [0.2, 0.25) is 0 Å².